The van der Waals surface area contributed by atoms with Gasteiger partial charge in [-0.3, -0.25) is 9.59 Å². The van der Waals surface area contributed by atoms with E-state index in [2.05, 4.69) is 5.32 Å². The maximum Gasteiger partial charge on any atom is 0.305 e. The summed E-state index contributed by atoms with van der Waals surface area (Å²) in [5, 5.41) is 12.7. The highest BCUT2D eigenvalue weighted by Gasteiger charge is 2.21. The van der Waals surface area contributed by atoms with Gasteiger partial charge in [-0.1, -0.05) is 53.6 Å². The number of hydrogen-bond acceptors (Lipinski definition) is 4. The molecule has 0 unspecified atom stereocenters. The normalized spacial score (nSPS) is 10.8. The maximum absolute atomic E-state index is 12.5. The molecular formula is C23H23ClN2O4S. The van der Waals surface area contributed by atoms with E-state index in [9.17, 15) is 9.59 Å². The van der Waals surface area contributed by atoms with Crippen LogP contribution in [-0.4, -0.2) is 40.2 Å². The molecule has 6 nitrogen and oxygen atoms in total. The minimum absolute atomic E-state index is 0.0722. The lowest BCUT2D eigenvalue weighted by Gasteiger charge is -2.12. The van der Waals surface area contributed by atoms with E-state index in [0.717, 1.165) is 33.3 Å². The van der Waals surface area contributed by atoms with Crippen LogP contribution in [0, 0.1) is 13.8 Å². The van der Waals surface area contributed by atoms with E-state index in [0.29, 0.717) is 15.8 Å². The fourth-order valence-corrected chi connectivity index (χ4v) is 4.08. The molecule has 1 amide bonds. The van der Waals surface area contributed by atoms with Gasteiger partial charge < -0.3 is 19.7 Å². The lowest BCUT2D eigenvalue weighted by molar-refractivity contribution is -0.136. The second-order valence-corrected chi connectivity index (χ2v) is 8.04. The monoisotopic (exact) mass is 458 g/mol. The Morgan fingerprint density at radius 1 is 1.19 bits per heavy atom. The molecule has 0 atom stereocenters. The molecule has 1 heterocycles. The predicted molar refractivity (Wildman–Crippen MR) is 125 cm³/mol. The van der Waals surface area contributed by atoms with Gasteiger partial charge >= 0.3 is 5.97 Å². The number of carbonyl (C=O) groups is 2. The third-order valence-corrected chi connectivity index (χ3v) is 5.82. The smallest absolute Gasteiger partial charge is 0.305 e. The Morgan fingerprint density at radius 2 is 1.87 bits per heavy atom. The van der Waals surface area contributed by atoms with Gasteiger partial charge in [0.1, 0.15) is 10.7 Å². The fraction of sp³-hybridized carbons (Fsp3) is 0.261. The van der Waals surface area contributed by atoms with Gasteiger partial charge in [0.2, 0.25) is 5.91 Å². The van der Waals surface area contributed by atoms with Crippen LogP contribution in [0.15, 0.2) is 36.4 Å². The number of thiocarbonyl (C=S) groups is 1. The summed E-state index contributed by atoms with van der Waals surface area (Å²) < 4.78 is 7.29. The number of carboxylic acid groups (broad SMARTS) is 1. The van der Waals surface area contributed by atoms with Gasteiger partial charge in [0, 0.05) is 23.2 Å². The van der Waals surface area contributed by atoms with Crippen molar-refractivity contribution in [1.29, 1.82) is 0 Å². The van der Waals surface area contributed by atoms with Gasteiger partial charge in [-0.2, -0.15) is 0 Å². The second-order valence-electron chi connectivity index (χ2n) is 7.24. The summed E-state index contributed by atoms with van der Waals surface area (Å²) in [6.07, 6.45) is -0.0519. The largest absolute Gasteiger partial charge is 0.495 e. The number of methoxy groups -OCH3 is 1. The molecule has 162 valence electrons. The van der Waals surface area contributed by atoms with Crippen molar-refractivity contribution in [2.24, 2.45) is 0 Å². The van der Waals surface area contributed by atoms with Crippen molar-refractivity contribution in [3.8, 4) is 5.75 Å². The van der Waals surface area contributed by atoms with Crippen molar-refractivity contribution in [1.82, 2.24) is 9.88 Å². The molecule has 0 saturated carbocycles. The Morgan fingerprint density at radius 3 is 2.48 bits per heavy atom. The Bertz CT molecular complexity index is 1170. The van der Waals surface area contributed by atoms with Crippen LogP contribution >= 0.6 is 23.8 Å². The zero-order valence-electron chi connectivity index (χ0n) is 17.5. The molecule has 0 saturated heterocycles. The number of nitrogens with one attached hydrogen (secondary N) is 1. The third kappa shape index (κ3) is 4.89. The zero-order valence-corrected chi connectivity index (χ0v) is 19.1. The molecule has 0 radical (unpaired) electrons. The predicted octanol–water partition coefficient (Wildman–Crippen LogP) is 4.28. The lowest BCUT2D eigenvalue weighted by atomic mass is 10.1. The van der Waals surface area contributed by atoms with Gasteiger partial charge in [0.15, 0.2) is 0 Å². The van der Waals surface area contributed by atoms with Gasteiger partial charge in [0.25, 0.3) is 0 Å². The van der Waals surface area contributed by atoms with E-state index in [-0.39, 0.29) is 25.3 Å². The number of aromatic nitrogens is 1. The molecule has 0 aliphatic carbocycles. The number of fused-ring (bicyclic) bond motifs is 1. The molecule has 3 rings (SSSR count). The van der Waals surface area contributed by atoms with E-state index in [1.807, 2.05) is 42.7 Å². The molecule has 2 N–H and O–H groups in total. The third-order valence-electron chi connectivity index (χ3n) is 5.11. The summed E-state index contributed by atoms with van der Waals surface area (Å²) in [6, 6.07) is 11.5. The number of benzene rings is 2. The Kier molecular flexibility index (Phi) is 6.97. The van der Waals surface area contributed by atoms with Gasteiger partial charge in [-0.25, -0.2) is 0 Å². The van der Waals surface area contributed by atoms with Crippen LogP contribution < -0.4 is 10.1 Å². The summed E-state index contributed by atoms with van der Waals surface area (Å²) in [4.78, 5) is 23.8. The van der Waals surface area contributed by atoms with Crippen molar-refractivity contribution >= 4 is 51.6 Å². The Hall–Kier alpha value is -2.90. The summed E-state index contributed by atoms with van der Waals surface area (Å²) >= 11 is 12.2. The van der Waals surface area contributed by atoms with E-state index < -0.39 is 5.97 Å². The SMILES string of the molecule is COc1cc2c(CC(=O)NCCC(=O)O)c(C)n(C(=S)c3ccc(C)cc3)c2cc1Cl. The van der Waals surface area contributed by atoms with E-state index >= 15 is 0 Å². The standard InChI is InChI=1S/C23H23ClN2O4S/c1-13-4-6-15(7-5-13)23(31)26-14(2)16(11-21(27)25-9-8-22(28)29)17-10-20(30-3)18(24)12-19(17)26/h4-7,10,12H,8-9,11H2,1-3H3,(H,25,27)(H,28,29). The minimum Gasteiger partial charge on any atom is -0.495 e. The van der Waals surface area contributed by atoms with Crippen LogP contribution in [0.25, 0.3) is 10.9 Å². The number of carbonyl (C=O) groups excluding carboxylic acids is 1. The van der Waals surface area contributed by atoms with Crippen LogP contribution in [0.3, 0.4) is 0 Å². The molecule has 8 heteroatoms. The van der Waals surface area contributed by atoms with E-state index in [1.54, 1.807) is 12.1 Å². The second kappa shape index (κ2) is 9.49. The van der Waals surface area contributed by atoms with Gasteiger partial charge in [-0.05, 0) is 31.5 Å². The topological polar surface area (TPSA) is 80.6 Å². The molecule has 0 aliphatic rings. The number of amides is 1. The summed E-state index contributed by atoms with van der Waals surface area (Å²) in [5.41, 5.74) is 4.39. The minimum atomic E-state index is -0.962. The number of nitrogens with zero attached hydrogens (tertiary/aromatic N) is 1. The first-order chi connectivity index (χ1) is 14.7. The molecule has 0 bridgehead atoms. The molecule has 3 aromatic rings. The Balaban J connectivity index is 2.08. The average Bonchev–Trinajstić information content (AvgIpc) is 2.97. The zero-order chi connectivity index (χ0) is 22.7. The highest BCUT2D eigenvalue weighted by atomic mass is 35.5. The van der Waals surface area contributed by atoms with Crippen LogP contribution in [0.2, 0.25) is 5.02 Å². The van der Waals surface area contributed by atoms with Crippen LogP contribution in [0.5, 0.6) is 5.75 Å². The fourth-order valence-electron chi connectivity index (χ4n) is 3.48. The highest BCUT2D eigenvalue weighted by molar-refractivity contribution is 7.80. The molecule has 1 aromatic heterocycles. The molecule has 31 heavy (non-hydrogen) atoms. The first kappa shape index (κ1) is 22.8. The average molecular weight is 459 g/mol. The molecule has 0 spiro atoms. The van der Waals surface area contributed by atoms with E-state index in [4.69, 9.17) is 33.7 Å². The number of halogens is 1. The summed E-state index contributed by atoms with van der Waals surface area (Å²) in [5.74, 6) is -0.727. The molecule has 2 aromatic carbocycles. The van der Waals surface area contributed by atoms with Crippen molar-refractivity contribution in [3.05, 3.63) is 63.8 Å². The van der Waals surface area contributed by atoms with Gasteiger partial charge in [0.05, 0.1) is 30.5 Å². The van der Waals surface area contributed by atoms with Crippen LogP contribution in [0.1, 0.15) is 28.8 Å². The molecule has 0 fully saturated rings. The van der Waals surface area contributed by atoms with Gasteiger partial charge in [-0.15, -0.1) is 0 Å². The van der Waals surface area contributed by atoms with Crippen LogP contribution in [-0.2, 0) is 16.0 Å². The van der Waals surface area contributed by atoms with Crippen molar-refractivity contribution in [3.63, 3.8) is 0 Å². The number of hydrogen-bond donors (Lipinski definition) is 2. The summed E-state index contributed by atoms with van der Waals surface area (Å²) in [6.45, 7) is 3.99. The highest BCUT2D eigenvalue weighted by Crippen LogP contribution is 2.35. The first-order valence-corrected chi connectivity index (χ1v) is 10.5. The van der Waals surface area contributed by atoms with Crippen molar-refractivity contribution in [2.45, 2.75) is 26.7 Å². The lowest BCUT2D eigenvalue weighted by Crippen LogP contribution is -2.27. The maximum atomic E-state index is 12.5. The number of aryl methyl sites for hydroxylation is 1. The summed E-state index contributed by atoms with van der Waals surface area (Å²) in [7, 11) is 1.53. The first-order valence-electron chi connectivity index (χ1n) is 9.70. The van der Waals surface area contributed by atoms with Crippen molar-refractivity contribution in [2.75, 3.05) is 13.7 Å². The number of ether oxygens (including phenoxy) is 1. The van der Waals surface area contributed by atoms with E-state index in [1.165, 1.54) is 7.11 Å². The van der Waals surface area contributed by atoms with Crippen molar-refractivity contribution < 1.29 is 19.4 Å². The Labute approximate surface area is 190 Å². The number of carboxylic acids is 1. The quantitative estimate of drug-likeness (QED) is 0.516. The van der Waals surface area contributed by atoms with Crippen LogP contribution in [0.4, 0.5) is 0 Å². The number of aliphatic carboxylic acids is 1. The number of rotatable bonds is 7. The molecular weight excluding hydrogens is 436 g/mol. The molecule has 0 aliphatic heterocycles.